The molecule has 27 heavy (non-hydrogen) atoms. The van der Waals surface area contributed by atoms with Gasteiger partial charge in [0.1, 0.15) is 11.5 Å². The number of hydrazone groups is 1. The van der Waals surface area contributed by atoms with E-state index in [9.17, 15) is 9.59 Å². The molecule has 0 saturated carbocycles. The zero-order valence-electron chi connectivity index (χ0n) is 15.4. The molecule has 0 aliphatic carbocycles. The van der Waals surface area contributed by atoms with Gasteiger partial charge in [-0.2, -0.15) is 10.2 Å². The average Bonchev–Trinajstić information content (AvgIpc) is 3.23. The lowest BCUT2D eigenvalue weighted by atomic mass is 10.1. The highest BCUT2D eigenvalue weighted by Gasteiger charge is 2.16. The third-order valence-corrected chi connectivity index (χ3v) is 4.26. The van der Waals surface area contributed by atoms with Crippen molar-refractivity contribution in [3.05, 3.63) is 64.5 Å². The van der Waals surface area contributed by atoms with Crippen LogP contribution in [0.2, 0.25) is 0 Å². The van der Waals surface area contributed by atoms with Crippen LogP contribution in [0.3, 0.4) is 0 Å². The summed E-state index contributed by atoms with van der Waals surface area (Å²) >= 11 is 0. The van der Waals surface area contributed by atoms with Gasteiger partial charge in [-0.1, -0.05) is 38.0 Å². The van der Waals surface area contributed by atoms with Crippen LogP contribution in [0.25, 0.3) is 10.8 Å². The van der Waals surface area contributed by atoms with Crippen molar-refractivity contribution in [2.75, 3.05) is 0 Å². The fourth-order valence-corrected chi connectivity index (χ4v) is 2.79. The third-order valence-electron chi connectivity index (χ3n) is 4.26. The predicted molar refractivity (Wildman–Crippen MR) is 104 cm³/mol. The molecule has 0 bridgehead atoms. The average molecular weight is 366 g/mol. The Labute approximate surface area is 156 Å². The summed E-state index contributed by atoms with van der Waals surface area (Å²) in [7, 11) is 0. The second-order valence-corrected chi connectivity index (χ2v) is 6.25. The smallest absolute Gasteiger partial charge is 0.292 e. The summed E-state index contributed by atoms with van der Waals surface area (Å²) in [6.45, 7) is 4.30. The zero-order valence-corrected chi connectivity index (χ0v) is 15.4. The maximum atomic E-state index is 12.7. The molecular weight excluding hydrogens is 344 g/mol. The van der Waals surface area contributed by atoms with Crippen LogP contribution in [0.4, 0.5) is 0 Å². The molecule has 7 heteroatoms. The highest BCUT2D eigenvalue weighted by Crippen LogP contribution is 2.13. The molecule has 1 aromatic carbocycles. The lowest BCUT2D eigenvalue weighted by Crippen LogP contribution is -2.29. The Kier molecular flexibility index (Phi) is 5.80. The molecule has 140 valence electrons. The van der Waals surface area contributed by atoms with Crippen molar-refractivity contribution in [3.8, 4) is 0 Å². The number of aromatic nitrogens is 2. The van der Waals surface area contributed by atoms with Gasteiger partial charge < -0.3 is 4.42 Å². The molecule has 1 amide bonds. The molecule has 7 nitrogen and oxygen atoms in total. The summed E-state index contributed by atoms with van der Waals surface area (Å²) in [6, 6.07) is 10.5. The quantitative estimate of drug-likeness (QED) is 0.394. The van der Waals surface area contributed by atoms with Crippen LogP contribution in [-0.2, 0) is 6.54 Å². The van der Waals surface area contributed by atoms with Crippen LogP contribution in [-0.4, -0.2) is 21.4 Å². The van der Waals surface area contributed by atoms with E-state index in [1.54, 1.807) is 43.3 Å². The molecule has 0 aliphatic heterocycles. The number of rotatable bonds is 7. The van der Waals surface area contributed by atoms with Crippen molar-refractivity contribution in [1.29, 1.82) is 0 Å². The molecule has 0 atom stereocenters. The van der Waals surface area contributed by atoms with E-state index < -0.39 is 5.91 Å². The number of benzene rings is 1. The first-order valence-electron chi connectivity index (χ1n) is 9.00. The van der Waals surface area contributed by atoms with E-state index >= 15 is 0 Å². The third kappa shape index (κ3) is 4.13. The summed E-state index contributed by atoms with van der Waals surface area (Å²) in [4.78, 5) is 25.3. The molecule has 0 unspecified atom stereocenters. The molecule has 3 rings (SSSR count). The largest absolute Gasteiger partial charge is 0.463 e. The van der Waals surface area contributed by atoms with E-state index in [0.29, 0.717) is 28.8 Å². The van der Waals surface area contributed by atoms with Crippen LogP contribution in [0.5, 0.6) is 0 Å². The SMILES string of the molecule is CCCCCn1nc(C(=O)N/N=C(/C)c2ccco2)c2ccccc2c1=O. The van der Waals surface area contributed by atoms with Crippen molar-refractivity contribution in [2.45, 2.75) is 39.7 Å². The summed E-state index contributed by atoms with van der Waals surface area (Å²) < 4.78 is 6.62. The second kappa shape index (κ2) is 8.44. The molecule has 0 fully saturated rings. The number of nitrogens with one attached hydrogen (secondary N) is 1. The number of hydrogen-bond acceptors (Lipinski definition) is 5. The lowest BCUT2D eigenvalue weighted by molar-refractivity contribution is 0.0949. The van der Waals surface area contributed by atoms with Crippen LogP contribution >= 0.6 is 0 Å². The van der Waals surface area contributed by atoms with Gasteiger partial charge >= 0.3 is 0 Å². The molecular formula is C20H22N4O3. The molecule has 2 aromatic heterocycles. The molecule has 2 heterocycles. The molecule has 0 saturated heterocycles. The van der Waals surface area contributed by atoms with E-state index in [1.165, 1.54) is 10.9 Å². The number of aryl methyl sites for hydroxylation is 1. The van der Waals surface area contributed by atoms with E-state index in [0.717, 1.165) is 19.3 Å². The number of hydrogen-bond donors (Lipinski definition) is 1. The fraction of sp³-hybridized carbons (Fsp3) is 0.300. The van der Waals surface area contributed by atoms with E-state index in [4.69, 9.17) is 4.42 Å². The van der Waals surface area contributed by atoms with Gasteiger partial charge in [0.05, 0.1) is 11.6 Å². The Bertz CT molecular complexity index is 1020. The Balaban J connectivity index is 1.94. The minimum absolute atomic E-state index is 0.178. The first-order valence-corrected chi connectivity index (χ1v) is 9.00. The predicted octanol–water partition coefficient (Wildman–Crippen LogP) is 3.33. The van der Waals surface area contributed by atoms with Crippen molar-refractivity contribution in [1.82, 2.24) is 15.2 Å². The Morgan fingerprint density at radius 2 is 1.96 bits per heavy atom. The number of unbranched alkanes of at least 4 members (excludes halogenated alkanes) is 2. The van der Waals surface area contributed by atoms with Gasteiger partial charge in [0.2, 0.25) is 0 Å². The van der Waals surface area contributed by atoms with Crippen LogP contribution in [0, 0.1) is 0 Å². The number of carbonyl (C=O) groups is 1. The van der Waals surface area contributed by atoms with Gasteiger partial charge in [0.15, 0.2) is 5.69 Å². The van der Waals surface area contributed by atoms with Crippen molar-refractivity contribution in [2.24, 2.45) is 5.10 Å². The van der Waals surface area contributed by atoms with Crippen LogP contribution in [0.15, 0.2) is 57.0 Å². The second-order valence-electron chi connectivity index (χ2n) is 6.25. The van der Waals surface area contributed by atoms with E-state index in [2.05, 4.69) is 22.5 Å². The Morgan fingerprint density at radius 3 is 2.67 bits per heavy atom. The van der Waals surface area contributed by atoms with E-state index in [-0.39, 0.29) is 11.3 Å². The summed E-state index contributed by atoms with van der Waals surface area (Å²) in [5.74, 6) is 0.0963. The summed E-state index contributed by atoms with van der Waals surface area (Å²) in [5, 5.41) is 9.37. The number of furan rings is 1. The number of nitrogens with zero attached hydrogens (tertiary/aromatic N) is 3. The minimum Gasteiger partial charge on any atom is -0.463 e. The van der Waals surface area contributed by atoms with Gasteiger partial charge in [-0.05, 0) is 31.5 Å². The van der Waals surface area contributed by atoms with Gasteiger partial charge in [0.25, 0.3) is 11.5 Å². The monoisotopic (exact) mass is 366 g/mol. The van der Waals surface area contributed by atoms with E-state index in [1.807, 2.05) is 0 Å². The standard InChI is InChI=1S/C20H22N4O3/c1-3-4-7-12-24-20(26)16-10-6-5-9-15(16)18(23-24)19(25)22-21-14(2)17-11-8-13-27-17/h5-6,8-11,13H,3-4,7,12H2,1-2H3,(H,22,25)/b21-14-. The van der Waals surface area contributed by atoms with Crippen LogP contribution in [0.1, 0.15) is 49.4 Å². The number of carbonyl (C=O) groups excluding carboxylic acids is 1. The van der Waals surface area contributed by atoms with Gasteiger partial charge in [-0.25, -0.2) is 10.1 Å². The highest BCUT2D eigenvalue weighted by molar-refractivity contribution is 6.05. The molecule has 0 aliphatic rings. The van der Waals surface area contributed by atoms with Gasteiger partial charge in [0, 0.05) is 11.9 Å². The fourth-order valence-electron chi connectivity index (χ4n) is 2.79. The molecule has 0 spiro atoms. The number of fused-ring (bicyclic) bond motifs is 1. The summed E-state index contributed by atoms with van der Waals surface area (Å²) in [6.07, 6.45) is 4.40. The highest BCUT2D eigenvalue weighted by atomic mass is 16.3. The number of amides is 1. The van der Waals surface area contributed by atoms with Crippen LogP contribution < -0.4 is 11.0 Å². The summed E-state index contributed by atoms with van der Waals surface area (Å²) in [5.41, 5.74) is 3.03. The lowest BCUT2D eigenvalue weighted by Gasteiger charge is -2.10. The van der Waals surface area contributed by atoms with Crippen molar-refractivity contribution in [3.63, 3.8) is 0 Å². The maximum Gasteiger partial charge on any atom is 0.292 e. The maximum absolute atomic E-state index is 12.7. The van der Waals surface area contributed by atoms with Crippen molar-refractivity contribution >= 4 is 22.4 Å². The van der Waals surface area contributed by atoms with Gasteiger partial charge in [-0.3, -0.25) is 9.59 Å². The molecule has 1 N–H and O–H groups in total. The first kappa shape index (κ1) is 18.6. The normalized spacial score (nSPS) is 11.7. The minimum atomic E-state index is -0.471. The van der Waals surface area contributed by atoms with Gasteiger partial charge in [-0.15, -0.1) is 0 Å². The first-order chi connectivity index (χ1) is 13.1. The Hall–Kier alpha value is -3.22. The Morgan fingerprint density at radius 1 is 1.19 bits per heavy atom. The molecule has 0 radical (unpaired) electrons. The topological polar surface area (TPSA) is 89.5 Å². The zero-order chi connectivity index (χ0) is 19.2. The molecule has 3 aromatic rings. The van der Waals surface area contributed by atoms with Crippen molar-refractivity contribution < 1.29 is 9.21 Å².